The monoisotopic (exact) mass is 1060 g/mol. The number of ether oxygens (including phenoxy) is 2. The topological polar surface area (TPSA) is 189 Å². The minimum atomic E-state index is -1.66. The molecule has 0 spiro atoms. The fourth-order valence-electron chi connectivity index (χ4n) is 10.9. The summed E-state index contributed by atoms with van der Waals surface area (Å²) in [6.07, 6.45) is 50.7. The third-order valence-corrected chi connectivity index (χ3v) is 16.2. The lowest BCUT2D eigenvalue weighted by atomic mass is 9.98. The van der Waals surface area contributed by atoms with E-state index in [1.165, 1.54) is 250 Å². The zero-order valence-electron chi connectivity index (χ0n) is 48.6. The third kappa shape index (κ3) is 40.3. The Morgan fingerprint density at radius 1 is 0.419 bits per heavy atom. The zero-order chi connectivity index (χ0) is 54.0. The molecule has 0 saturated carbocycles. The molecular formula is C63H125NO10. The number of aliphatic hydroxyl groups excluding tert-OH is 7. The van der Waals surface area contributed by atoms with Crippen molar-refractivity contribution in [3.8, 4) is 0 Å². The molecule has 9 atom stereocenters. The van der Waals surface area contributed by atoms with E-state index in [1.54, 1.807) is 0 Å². The van der Waals surface area contributed by atoms with Crippen molar-refractivity contribution < 1.29 is 50.0 Å². The van der Waals surface area contributed by atoms with E-state index in [0.717, 1.165) is 38.5 Å². The van der Waals surface area contributed by atoms with Gasteiger partial charge >= 0.3 is 0 Å². The van der Waals surface area contributed by atoms with Crippen molar-refractivity contribution in [2.75, 3.05) is 13.2 Å². The SMILES string of the molecule is CCCCCCCCCCCCCCCCCCCCCCCCCCCCCCCCCCCCCCC(O)C(=O)NC(COC1OC(CO)C(O)C(O)C1O)C(O)C(O)CCCCCCCCCCCCC. The highest BCUT2D eigenvalue weighted by Gasteiger charge is 2.44. The fourth-order valence-corrected chi connectivity index (χ4v) is 10.9. The van der Waals surface area contributed by atoms with E-state index >= 15 is 0 Å². The van der Waals surface area contributed by atoms with Gasteiger partial charge in [-0.1, -0.05) is 316 Å². The molecule has 0 aliphatic carbocycles. The van der Waals surface area contributed by atoms with Crippen LogP contribution in [-0.2, 0) is 14.3 Å². The van der Waals surface area contributed by atoms with Crippen LogP contribution in [0.15, 0.2) is 0 Å². The average Bonchev–Trinajstić information content (AvgIpc) is 3.40. The molecule has 9 unspecified atom stereocenters. The van der Waals surface area contributed by atoms with Crippen LogP contribution in [0, 0.1) is 0 Å². The predicted molar refractivity (Wildman–Crippen MR) is 307 cm³/mol. The number of aliphatic hydroxyl groups is 7. The van der Waals surface area contributed by atoms with Crippen molar-refractivity contribution in [3.63, 3.8) is 0 Å². The van der Waals surface area contributed by atoms with Gasteiger partial charge in [0.15, 0.2) is 6.29 Å². The second kappa shape index (κ2) is 52.8. The van der Waals surface area contributed by atoms with Crippen LogP contribution in [0.2, 0.25) is 0 Å². The van der Waals surface area contributed by atoms with E-state index in [4.69, 9.17) is 9.47 Å². The molecule has 1 heterocycles. The first-order valence-corrected chi connectivity index (χ1v) is 32.4. The molecule has 0 aromatic heterocycles. The highest BCUT2D eigenvalue weighted by atomic mass is 16.7. The summed E-state index contributed by atoms with van der Waals surface area (Å²) < 4.78 is 11.1. The lowest BCUT2D eigenvalue weighted by Gasteiger charge is -2.40. The second-order valence-corrected chi connectivity index (χ2v) is 23.2. The summed E-state index contributed by atoms with van der Waals surface area (Å²) in [5.41, 5.74) is 0. The molecule has 11 heteroatoms. The number of hydrogen-bond donors (Lipinski definition) is 8. The molecule has 1 aliphatic rings. The normalized spacial score (nSPS) is 19.7. The molecule has 442 valence electrons. The number of unbranched alkanes of at least 4 members (excludes halogenated alkanes) is 45. The van der Waals surface area contributed by atoms with Gasteiger partial charge in [-0.15, -0.1) is 0 Å². The van der Waals surface area contributed by atoms with E-state index < -0.39 is 74.2 Å². The van der Waals surface area contributed by atoms with E-state index in [9.17, 15) is 40.5 Å². The summed E-state index contributed by atoms with van der Waals surface area (Å²) in [4.78, 5) is 13.2. The van der Waals surface area contributed by atoms with Crippen molar-refractivity contribution in [1.82, 2.24) is 5.32 Å². The van der Waals surface area contributed by atoms with E-state index in [2.05, 4.69) is 19.2 Å². The fraction of sp³-hybridized carbons (Fsp3) is 0.984. The molecule has 11 nitrogen and oxygen atoms in total. The Labute approximate surface area is 456 Å². The summed E-state index contributed by atoms with van der Waals surface area (Å²) in [6.45, 7) is 3.48. The summed E-state index contributed by atoms with van der Waals surface area (Å²) >= 11 is 0. The van der Waals surface area contributed by atoms with Gasteiger partial charge in [-0.3, -0.25) is 4.79 Å². The molecule has 0 bridgehead atoms. The van der Waals surface area contributed by atoms with Crippen LogP contribution in [0.3, 0.4) is 0 Å². The second-order valence-electron chi connectivity index (χ2n) is 23.2. The first kappa shape index (κ1) is 71.1. The maximum absolute atomic E-state index is 13.2. The van der Waals surface area contributed by atoms with Crippen molar-refractivity contribution in [3.05, 3.63) is 0 Å². The van der Waals surface area contributed by atoms with Crippen molar-refractivity contribution in [1.29, 1.82) is 0 Å². The van der Waals surface area contributed by atoms with Gasteiger partial charge in [0.1, 0.15) is 36.6 Å². The molecule has 1 amide bonds. The molecular weight excluding hydrogens is 931 g/mol. The Kier molecular flexibility index (Phi) is 50.7. The van der Waals surface area contributed by atoms with E-state index in [0.29, 0.717) is 19.3 Å². The third-order valence-electron chi connectivity index (χ3n) is 16.2. The largest absolute Gasteiger partial charge is 0.394 e. The Morgan fingerprint density at radius 2 is 0.703 bits per heavy atom. The lowest BCUT2D eigenvalue weighted by Crippen LogP contribution is -2.60. The Balaban J connectivity index is 2.08. The Bertz CT molecular complexity index is 1160. The van der Waals surface area contributed by atoms with Gasteiger partial charge in [0, 0.05) is 0 Å². The van der Waals surface area contributed by atoms with Gasteiger partial charge in [-0.2, -0.15) is 0 Å². The van der Waals surface area contributed by atoms with Crippen molar-refractivity contribution >= 4 is 5.91 Å². The van der Waals surface area contributed by atoms with E-state index in [1.807, 2.05) is 0 Å². The minimum Gasteiger partial charge on any atom is -0.394 e. The van der Waals surface area contributed by atoms with Gasteiger partial charge < -0.3 is 50.5 Å². The van der Waals surface area contributed by atoms with Gasteiger partial charge in [0.2, 0.25) is 5.91 Å². The average molecular weight is 1060 g/mol. The molecule has 8 N–H and O–H groups in total. The summed E-state index contributed by atoms with van der Waals surface area (Å²) in [5.74, 6) is -0.690. The van der Waals surface area contributed by atoms with Crippen LogP contribution in [0.25, 0.3) is 0 Å². The minimum absolute atomic E-state index is 0.267. The molecule has 1 saturated heterocycles. The maximum Gasteiger partial charge on any atom is 0.249 e. The smallest absolute Gasteiger partial charge is 0.249 e. The molecule has 1 rings (SSSR count). The maximum atomic E-state index is 13.2. The molecule has 0 aromatic rings. The van der Waals surface area contributed by atoms with Crippen molar-refractivity contribution in [2.24, 2.45) is 0 Å². The van der Waals surface area contributed by atoms with Crippen LogP contribution in [0.4, 0.5) is 0 Å². The molecule has 1 fully saturated rings. The van der Waals surface area contributed by atoms with Crippen molar-refractivity contribution in [2.45, 2.75) is 384 Å². The van der Waals surface area contributed by atoms with Crippen LogP contribution >= 0.6 is 0 Å². The number of rotatable bonds is 57. The van der Waals surface area contributed by atoms with Gasteiger partial charge in [0.25, 0.3) is 0 Å². The zero-order valence-corrected chi connectivity index (χ0v) is 48.6. The van der Waals surface area contributed by atoms with Crippen LogP contribution in [0.1, 0.15) is 328 Å². The van der Waals surface area contributed by atoms with Crippen LogP contribution in [0.5, 0.6) is 0 Å². The standard InChI is InChI=1S/C63H125NO10/c1-3-5-7-9-11-13-15-16-17-18-19-20-21-22-23-24-25-26-27-28-29-30-31-32-33-34-35-36-37-38-39-41-43-45-47-49-51-56(67)62(72)64-54(53-73-63-61(71)60(70)59(69)57(52-65)74-63)58(68)55(66)50-48-46-44-42-40-14-12-10-8-6-4-2/h54-61,63,65-71H,3-53H2,1-2H3,(H,64,72). The first-order valence-electron chi connectivity index (χ1n) is 32.4. The van der Waals surface area contributed by atoms with Gasteiger partial charge in [0.05, 0.1) is 25.4 Å². The molecule has 0 aromatic carbocycles. The molecule has 74 heavy (non-hydrogen) atoms. The van der Waals surface area contributed by atoms with Gasteiger partial charge in [-0.25, -0.2) is 0 Å². The number of amides is 1. The van der Waals surface area contributed by atoms with E-state index in [-0.39, 0.29) is 6.42 Å². The number of carbonyl (C=O) groups excluding carboxylic acids is 1. The molecule has 0 radical (unpaired) electrons. The number of nitrogens with one attached hydrogen (secondary N) is 1. The quantitative estimate of drug-likeness (QED) is 0.0272. The number of hydrogen-bond acceptors (Lipinski definition) is 10. The highest BCUT2D eigenvalue weighted by molar-refractivity contribution is 5.80. The Hall–Kier alpha value is -0.890. The van der Waals surface area contributed by atoms with Crippen LogP contribution in [-0.4, -0.2) is 110 Å². The predicted octanol–water partition coefficient (Wildman–Crippen LogP) is 14.5. The molecule has 1 aliphatic heterocycles. The lowest BCUT2D eigenvalue weighted by molar-refractivity contribution is -0.303. The summed E-state index contributed by atoms with van der Waals surface area (Å²) in [7, 11) is 0. The first-order chi connectivity index (χ1) is 36.2. The summed E-state index contributed by atoms with van der Waals surface area (Å²) in [5, 5.41) is 76.0. The Morgan fingerprint density at radius 3 is 1.00 bits per heavy atom. The number of carbonyl (C=O) groups is 1. The summed E-state index contributed by atoms with van der Waals surface area (Å²) in [6, 6.07) is -1.16. The van der Waals surface area contributed by atoms with Crippen LogP contribution < -0.4 is 5.32 Å². The van der Waals surface area contributed by atoms with Gasteiger partial charge in [-0.05, 0) is 12.8 Å². The highest BCUT2D eigenvalue weighted by Crippen LogP contribution is 2.24.